The second-order valence-electron chi connectivity index (χ2n) is 11.0. The van der Waals surface area contributed by atoms with Crippen molar-refractivity contribution < 1.29 is 23.8 Å². The molecule has 10 nitrogen and oxygen atoms in total. The van der Waals surface area contributed by atoms with Crippen LogP contribution in [0.15, 0.2) is 97.2 Å². The van der Waals surface area contributed by atoms with E-state index in [-0.39, 0.29) is 24.4 Å². The molecule has 4 aromatic rings. The lowest BCUT2D eigenvalue weighted by atomic mass is 10.0. The van der Waals surface area contributed by atoms with Crippen LogP contribution in [0.4, 0.5) is 10.6 Å². The van der Waals surface area contributed by atoms with Gasteiger partial charge >= 0.3 is 6.09 Å². The lowest BCUT2D eigenvalue weighted by Gasteiger charge is -2.31. The summed E-state index contributed by atoms with van der Waals surface area (Å²) in [6, 6.07) is 29.5. The van der Waals surface area contributed by atoms with Crippen molar-refractivity contribution in [2.45, 2.75) is 37.5 Å². The lowest BCUT2D eigenvalue weighted by Crippen LogP contribution is -2.49. The highest BCUT2D eigenvalue weighted by Crippen LogP contribution is 2.24. The molecular weight excluding hydrogens is 582 g/mol. The number of ether oxygens (including phenoxy) is 3. The molecule has 0 aliphatic carbocycles. The van der Waals surface area contributed by atoms with Crippen LogP contribution in [0.2, 0.25) is 0 Å². The number of aromatic nitrogens is 1. The van der Waals surface area contributed by atoms with E-state index in [2.05, 4.69) is 16.4 Å². The molecule has 236 valence electrons. The van der Waals surface area contributed by atoms with Gasteiger partial charge in [0.25, 0.3) is 5.91 Å². The SMILES string of the molecule is COC(=O)N(C(=O)[C@@H](N)Cc1ccc(-c2ccccc2)cc1)c1ncccc1CC[C@@H]1CNC[C@@H](COc2ccc(C#N)cc2)O1. The molecule has 0 unspecified atom stereocenters. The maximum Gasteiger partial charge on any atom is 0.422 e. The van der Waals surface area contributed by atoms with E-state index >= 15 is 0 Å². The van der Waals surface area contributed by atoms with Crippen LogP contribution in [0.25, 0.3) is 11.1 Å². The Kier molecular flexibility index (Phi) is 11.1. The Morgan fingerprint density at radius 3 is 2.43 bits per heavy atom. The first-order chi connectivity index (χ1) is 22.4. The Morgan fingerprint density at radius 2 is 1.72 bits per heavy atom. The standard InChI is InChI=1S/C36H37N5O5/c1-44-36(43)41(35(42)33(38)20-25-9-13-28(14-10-25)27-6-3-2-4-7-27)34-29(8-5-19-40-34)15-18-31-22-39-23-32(46-31)24-45-30-16-11-26(21-37)12-17-30/h2-14,16-17,19,31-33,39H,15,18,20,22-24,38H2,1H3/t31-,32+,33+/m1/s1. The van der Waals surface area contributed by atoms with Gasteiger partial charge in [-0.05, 0) is 71.8 Å². The normalized spacial score (nSPS) is 16.5. The molecule has 1 fully saturated rings. The van der Waals surface area contributed by atoms with Gasteiger partial charge in [0.15, 0.2) is 0 Å². The average molecular weight is 620 g/mol. The van der Waals surface area contributed by atoms with Crippen LogP contribution in [0, 0.1) is 11.3 Å². The second-order valence-corrected chi connectivity index (χ2v) is 11.0. The quantitative estimate of drug-likeness (QED) is 0.245. The fourth-order valence-electron chi connectivity index (χ4n) is 5.34. The average Bonchev–Trinajstić information content (AvgIpc) is 3.11. The molecule has 10 heteroatoms. The first-order valence-electron chi connectivity index (χ1n) is 15.2. The van der Waals surface area contributed by atoms with Gasteiger partial charge in [-0.2, -0.15) is 10.2 Å². The van der Waals surface area contributed by atoms with E-state index in [9.17, 15) is 9.59 Å². The van der Waals surface area contributed by atoms with E-state index in [4.69, 9.17) is 25.2 Å². The zero-order valence-corrected chi connectivity index (χ0v) is 25.7. The van der Waals surface area contributed by atoms with Gasteiger partial charge in [-0.1, -0.05) is 60.7 Å². The summed E-state index contributed by atoms with van der Waals surface area (Å²) >= 11 is 0. The van der Waals surface area contributed by atoms with Crippen LogP contribution in [0.3, 0.4) is 0 Å². The Bertz CT molecular complexity index is 1640. The molecule has 46 heavy (non-hydrogen) atoms. The number of morpholine rings is 1. The molecule has 0 radical (unpaired) electrons. The number of benzene rings is 3. The van der Waals surface area contributed by atoms with Crippen molar-refractivity contribution in [2.24, 2.45) is 5.73 Å². The highest BCUT2D eigenvalue weighted by molar-refractivity contribution is 6.14. The summed E-state index contributed by atoms with van der Waals surface area (Å²) in [7, 11) is 1.22. The molecule has 0 spiro atoms. The summed E-state index contributed by atoms with van der Waals surface area (Å²) in [5.74, 6) is 0.257. The molecule has 0 bridgehead atoms. The van der Waals surface area contributed by atoms with Crippen molar-refractivity contribution in [1.29, 1.82) is 5.26 Å². The summed E-state index contributed by atoms with van der Waals surface area (Å²) in [5, 5.41) is 12.4. The number of pyridine rings is 1. The number of carbonyl (C=O) groups is 2. The van der Waals surface area contributed by atoms with Crippen LogP contribution in [0.1, 0.15) is 23.1 Å². The van der Waals surface area contributed by atoms with Crippen LogP contribution >= 0.6 is 0 Å². The number of nitrogens with zero attached hydrogens (tertiary/aromatic N) is 3. The first kappa shape index (κ1) is 32.3. The maximum absolute atomic E-state index is 13.7. The number of nitriles is 1. The smallest absolute Gasteiger partial charge is 0.422 e. The zero-order valence-electron chi connectivity index (χ0n) is 25.7. The molecule has 3 aromatic carbocycles. The minimum atomic E-state index is -1.00. The second kappa shape index (κ2) is 15.8. The zero-order chi connectivity index (χ0) is 32.3. The molecule has 3 atom stereocenters. The van der Waals surface area contributed by atoms with Crippen molar-refractivity contribution in [3.05, 3.63) is 114 Å². The van der Waals surface area contributed by atoms with Gasteiger partial charge in [0.1, 0.15) is 24.3 Å². The minimum absolute atomic E-state index is 0.125. The molecule has 0 saturated carbocycles. The molecule has 2 heterocycles. The molecule has 1 aliphatic rings. The van der Waals surface area contributed by atoms with Gasteiger partial charge in [0, 0.05) is 19.3 Å². The topological polar surface area (TPSA) is 140 Å². The fraction of sp³-hybridized carbons (Fsp3) is 0.278. The van der Waals surface area contributed by atoms with Crippen LogP contribution in [-0.2, 0) is 27.1 Å². The number of hydrogen-bond donors (Lipinski definition) is 2. The van der Waals surface area contributed by atoms with Gasteiger partial charge in [0.2, 0.25) is 0 Å². The minimum Gasteiger partial charge on any atom is -0.491 e. The third kappa shape index (κ3) is 8.34. The third-order valence-electron chi connectivity index (χ3n) is 7.77. The Labute approximate surface area is 268 Å². The van der Waals surface area contributed by atoms with Crippen molar-refractivity contribution in [2.75, 3.05) is 31.7 Å². The summed E-state index contributed by atoms with van der Waals surface area (Å²) in [6.07, 6.45) is 1.73. The first-order valence-corrected chi connectivity index (χ1v) is 15.2. The molecule has 1 aromatic heterocycles. The van der Waals surface area contributed by atoms with Gasteiger partial charge in [-0.15, -0.1) is 0 Å². The number of nitrogens with two attached hydrogens (primary N) is 1. The van der Waals surface area contributed by atoms with Crippen molar-refractivity contribution in [1.82, 2.24) is 10.3 Å². The maximum atomic E-state index is 13.7. The number of carbonyl (C=O) groups excluding carboxylic acids is 2. The summed E-state index contributed by atoms with van der Waals surface area (Å²) < 4.78 is 17.1. The Balaban J connectivity index is 1.21. The molecular formula is C36H37N5O5. The molecule has 5 rings (SSSR count). The van der Waals surface area contributed by atoms with E-state index in [1.165, 1.54) is 13.3 Å². The lowest BCUT2D eigenvalue weighted by molar-refractivity contribution is -0.119. The van der Waals surface area contributed by atoms with Gasteiger partial charge < -0.3 is 25.3 Å². The number of anilines is 1. The fourth-order valence-corrected chi connectivity index (χ4v) is 5.34. The number of hydrogen-bond acceptors (Lipinski definition) is 9. The highest BCUT2D eigenvalue weighted by atomic mass is 16.5. The number of rotatable bonds is 11. The van der Waals surface area contributed by atoms with E-state index in [1.807, 2.05) is 60.7 Å². The largest absolute Gasteiger partial charge is 0.491 e. The number of nitrogens with one attached hydrogen (secondary N) is 1. The molecule has 1 aliphatic heterocycles. The van der Waals surface area contributed by atoms with Crippen LogP contribution in [-0.4, -0.2) is 62.0 Å². The molecule has 1 saturated heterocycles. The van der Waals surface area contributed by atoms with Crippen molar-refractivity contribution >= 4 is 17.8 Å². The predicted molar refractivity (Wildman–Crippen MR) is 174 cm³/mol. The third-order valence-corrected chi connectivity index (χ3v) is 7.77. The number of methoxy groups -OCH3 is 1. The monoisotopic (exact) mass is 619 g/mol. The van der Waals surface area contributed by atoms with Gasteiger partial charge in [0.05, 0.1) is 30.9 Å². The van der Waals surface area contributed by atoms with E-state index in [1.54, 1.807) is 30.3 Å². The van der Waals surface area contributed by atoms with Gasteiger partial charge in [-0.25, -0.2) is 9.78 Å². The summed E-state index contributed by atoms with van der Waals surface area (Å²) in [4.78, 5) is 32.0. The highest BCUT2D eigenvalue weighted by Gasteiger charge is 2.32. The van der Waals surface area contributed by atoms with E-state index in [0.717, 1.165) is 21.6 Å². The number of amides is 2. The van der Waals surface area contributed by atoms with E-state index < -0.39 is 18.0 Å². The van der Waals surface area contributed by atoms with Crippen LogP contribution < -0.4 is 20.7 Å². The van der Waals surface area contributed by atoms with Crippen LogP contribution in [0.5, 0.6) is 5.75 Å². The summed E-state index contributed by atoms with van der Waals surface area (Å²) in [6.45, 7) is 1.64. The number of imide groups is 1. The molecule has 2 amide bonds. The Morgan fingerprint density at radius 1 is 1.00 bits per heavy atom. The molecule has 3 N–H and O–H groups in total. The van der Waals surface area contributed by atoms with E-state index in [0.29, 0.717) is 49.4 Å². The Hall–Kier alpha value is -5.08. The number of aryl methyl sites for hydroxylation is 1. The van der Waals surface area contributed by atoms with Crippen molar-refractivity contribution in [3.63, 3.8) is 0 Å². The van der Waals surface area contributed by atoms with Crippen molar-refractivity contribution in [3.8, 4) is 22.9 Å². The predicted octanol–water partition coefficient (Wildman–Crippen LogP) is 4.66. The van der Waals surface area contributed by atoms with Gasteiger partial charge in [-0.3, -0.25) is 4.79 Å². The summed E-state index contributed by atoms with van der Waals surface area (Å²) in [5.41, 5.74) is 10.7.